The van der Waals surface area contributed by atoms with Crippen molar-refractivity contribution in [3.05, 3.63) is 48.9 Å². The quantitative estimate of drug-likeness (QED) is 0.424. The van der Waals surface area contributed by atoms with Crippen molar-refractivity contribution in [3.8, 4) is 11.5 Å². The highest BCUT2D eigenvalue weighted by Gasteiger charge is 2.23. The highest BCUT2D eigenvalue weighted by Crippen LogP contribution is 2.37. The van der Waals surface area contributed by atoms with Crippen LogP contribution in [0.5, 0.6) is 11.5 Å². The maximum atomic E-state index is 6.35. The summed E-state index contributed by atoms with van der Waals surface area (Å²) >= 11 is 0. The van der Waals surface area contributed by atoms with Gasteiger partial charge in [-0.3, -0.25) is 0 Å². The predicted octanol–water partition coefficient (Wildman–Crippen LogP) is 4.63. The molecular formula is C24H27N5O2. The predicted molar refractivity (Wildman–Crippen MR) is 123 cm³/mol. The molecule has 1 atom stereocenters. The zero-order valence-electron chi connectivity index (χ0n) is 17.8. The number of aromatic nitrogens is 3. The lowest BCUT2D eigenvalue weighted by molar-refractivity contribution is 0.124. The molecule has 160 valence electrons. The van der Waals surface area contributed by atoms with Gasteiger partial charge in [-0.05, 0) is 57.0 Å². The van der Waals surface area contributed by atoms with Crippen molar-refractivity contribution in [1.29, 1.82) is 0 Å². The molecule has 7 heteroatoms. The first-order valence-corrected chi connectivity index (χ1v) is 10.8. The molecule has 2 aromatic heterocycles. The van der Waals surface area contributed by atoms with Crippen molar-refractivity contribution >= 4 is 33.3 Å². The van der Waals surface area contributed by atoms with Crippen LogP contribution in [0.25, 0.3) is 21.8 Å². The molecule has 7 nitrogen and oxygen atoms in total. The molecule has 1 fully saturated rings. The first-order valence-electron chi connectivity index (χ1n) is 10.8. The number of anilines is 2. The second kappa shape index (κ2) is 8.43. The maximum Gasteiger partial charge on any atom is 0.163 e. The average Bonchev–Trinajstić information content (AvgIpc) is 3.29. The highest BCUT2D eigenvalue weighted by molar-refractivity contribution is 5.97. The second-order valence-electron chi connectivity index (χ2n) is 8.03. The molecule has 1 saturated heterocycles. The number of aromatic amines is 1. The number of methoxy groups -OCH3 is 1. The van der Waals surface area contributed by atoms with E-state index in [1.807, 2.05) is 30.5 Å². The van der Waals surface area contributed by atoms with E-state index in [2.05, 4.69) is 44.6 Å². The summed E-state index contributed by atoms with van der Waals surface area (Å²) in [5, 5.41) is 8.88. The number of nitrogens with zero attached hydrogens (tertiary/aromatic N) is 2. The minimum atomic E-state index is 0.110. The third-order valence-electron chi connectivity index (χ3n) is 6.12. The topological polar surface area (TPSA) is 84.1 Å². The summed E-state index contributed by atoms with van der Waals surface area (Å²) in [7, 11) is 1.67. The van der Waals surface area contributed by atoms with Gasteiger partial charge in [0, 0.05) is 23.0 Å². The van der Waals surface area contributed by atoms with Gasteiger partial charge in [-0.25, -0.2) is 9.97 Å². The molecule has 0 bridgehead atoms. The molecule has 1 unspecified atom stereocenters. The maximum absolute atomic E-state index is 6.35. The second-order valence-corrected chi connectivity index (χ2v) is 8.03. The molecule has 4 aromatic rings. The van der Waals surface area contributed by atoms with E-state index in [9.17, 15) is 0 Å². The highest BCUT2D eigenvalue weighted by atomic mass is 16.5. The van der Waals surface area contributed by atoms with E-state index in [4.69, 9.17) is 9.47 Å². The van der Waals surface area contributed by atoms with Gasteiger partial charge in [0.25, 0.3) is 0 Å². The van der Waals surface area contributed by atoms with Crippen LogP contribution in [0.1, 0.15) is 19.8 Å². The summed E-state index contributed by atoms with van der Waals surface area (Å²) in [5.41, 5.74) is 2.81. The van der Waals surface area contributed by atoms with Crippen LogP contribution in [0.15, 0.2) is 48.9 Å². The van der Waals surface area contributed by atoms with Gasteiger partial charge < -0.3 is 25.1 Å². The van der Waals surface area contributed by atoms with Gasteiger partial charge in [-0.15, -0.1) is 0 Å². The minimum absolute atomic E-state index is 0.110. The number of fused-ring (bicyclic) bond motifs is 2. The number of hydrogen-bond acceptors (Lipinski definition) is 6. The van der Waals surface area contributed by atoms with Crippen molar-refractivity contribution in [1.82, 2.24) is 20.3 Å². The zero-order valence-corrected chi connectivity index (χ0v) is 17.8. The number of hydrogen-bond donors (Lipinski definition) is 3. The molecule has 31 heavy (non-hydrogen) atoms. The lowest BCUT2D eigenvalue weighted by Gasteiger charge is -2.29. The number of rotatable bonds is 6. The van der Waals surface area contributed by atoms with Crippen LogP contribution in [0.2, 0.25) is 0 Å². The van der Waals surface area contributed by atoms with Gasteiger partial charge in [0.15, 0.2) is 11.5 Å². The normalized spacial score (nSPS) is 15.8. The lowest BCUT2D eigenvalue weighted by Crippen LogP contribution is -2.35. The Morgan fingerprint density at radius 1 is 1.10 bits per heavy atom. The fourth-order valence-electron chi connectivity index (χ4n) is 4.34. The first kappa shape index (κ1) is 19.6. The van der Waals surface area contributed by atoms with Gasteiger partial charge in [0.05, 0.1) is 29.9 Å². The SMILES string of the molecule is COc1cc2c(Nc3cccc4cc[nH]c34)ncnc2cc1OC(C)C1CCNCC1. The lowest BCUT2D eigenvalue weighted by atomic mass is 9.93. The minimum Gasteiger partial charge on any atom is -0.493 e. The molecule has 2 aromatic carbocycles. The van der Waals surface area contributed by atoms with Gasteiger partial charge in [0.1, 0.15) is 12.1 Å². The van der Waals surface area contributed by atoms with Gasteiger partial charge in [0.2, 0.25) is 0 Å². The summed E-state index contributed by atoms with van der Waals surface area (Å²) in [6, 6.07) is 12.1. The summed E-state index contributed by atoms with van der Waals surface area (Å²) in [5.74, 6) is 2.66. The van der Waals surface area contributed by atoms with Crippen molar-refractivity contribution in [2.45, 2.75) is 25.9 Å². The third-order valence-corrected chi connectivity index (χ3v) is 6.12. The van der Waals surface area contributed by atoms with Crippen molar-refractivity contribution < 1.29 is 9.47 Å². The molecule has 0 spiro atoms. The molecule has 1 aliphatic heterocycles. The average molecular weight is 418 g/mol. The first-order chi connectivity index (χ1) is 15.2. The number of ether oxygens (including phenoxy) is 2. The Morgan fingerprint density at radius 3 is 2.81 bits per heavy atom. The number of nitrogens with one attached hydrogen (secondary N) is 3. The summed E-state index contributed by atoms with van der Waals surface area (Å²) in [6.07, 6.45) is 5.86. The van der Waals surface area contributed by atoms with Crippen molar-refractivity contribution in [2.75, 3.05) is 25.5 Å². The summed E-state index contributed by atoms with van der Waals surface area (Å²) in [6.45, 7) is 4.23. The number of H-pyrrole nitrogens is 1. The molecule has 1 aliphatic rings. The number of para-hydroxylation sites is 1. The van der Waals surface area contributed by atoms with E-state index in [1.54, 1.807) is 13.4 Å². The van der Waals surface area contributed by atoms with Crippen molar-refractivity contribution in [3.63, 3.8) is 0 Å². The Bertz CT molecular complexity index is 1200. The Kier molecular flexibility index (Phi) is 5.34. The van der Waals surface area contributed by atoms with Crippen LogP contribution >= 0.6 is 0 Å². The Hall–Kier alpha value is -3.32. The molecular weight excluding hydrogens is 390 g/mol. The molecule has 0 radical (unpaired) electrons. The number of benzene rings is 2. The molecule has 0 aliphatic carbocycles. The molecule has 3 N–H and O–H groups in total. The fraction of sp³-hybridized carbons (Fsp3) is 0.333. The van der Waals surface area contributed by atoms with Crippen LogP contribution < -0.4 is 20.1 Å². The van der Waals surface area contributed by atoms with E-state index >= 15 is 0 Å². The standard InChI is InChI=1S/C24H27N5O2/c1-15(16-6-9-25-10-7-16)31-22-13-20-18(12-21(22)30-2)24(28-14-27-20)29-19-5-3-4-17-8-11-26-23(17)19/h3-5,8,11-16,25-26H,6-7,9-10H2,1-2H3,(H,27,28,29). The fourth-order valence-corrected chi connectivity index (χ4v) is 4.34. The Labute approximate surface area is 181 Å². The smallest absolute Gasteiger partial charge is 0.163 e. The van der Waals surface area contributed by atoms with Crippen LogP contribution in [0.4, 0.5) is 11.5 Å². The van der Waals surface area contributed by atoms with Gasteiger partial charge in [-0.1, -0.05) is 12.1 Å². The van der Waals surface area contributed by atoms with Gasteiger partial charge >= 0.3 is 0 Å². The van der Waals surface area contributed by atoms with E-state index < -0.39 is 0 Å². The molecule has 0 amide bonds. The third kappa shape index (κ3) is 3.88. The van der Waals surface area contributed by atoms with Gasteiger partial charge in [-0.2, -0.15) is 0 Å². The molecule has 3 heterocycles. The van der Waals surface area contributed by atoms with Crippen LogP contribution in [0.3, 0.4) is 0 Å². The largest absolute Gasteiger partial charge is 0.493 e. The van der Waals surface area contributed by atoms with E-state index in [1.165, 1.54) is 0 Å². The van der Waals surface area contributed by atoms with Crippen LogP contribution in [-0.4, -0.2) is 41.3 Å². The Morgan fingerprint density at radius 2 is 1.97 bits per heavy atom. The number of piperidine rings is 1. The zero-order chi connectivity index (χ0) is 21.2. The Balaban J connectivity index is 1.48. The van der Waals surface area contributed by atoms with Crippen LogP contribution in [0, 0.1) is 5.92 Å². The summed E-state index contributed by atoms with van der Waals surface area (Å²) in [4.78, 5) is 12.3. The molecule has 5 rings (SSSR count). The summed E-state index contributed by atoms with van der Waals surface area (Å²) < 4.78 is 12.0. The van der Waals surface area contributed by atoms with Crippen molar-refractivity contribution in [2.24, 2.45) is 5.92 Å². The molecule has 0 saturated carbocycles. The van der Waals surface area contributed by atoms with E-state index in [-0.39, 0.29) is 6.10 Å². The van der Waals surface area contributed by atoms with Crippen LogP contribution in [-0.2, 0) is 0 Å². The van der Waals surface area contributed by atoms with E-state index in [0.29, 0.717) is 11.7 Å². The monoisotopic (exact) mass is 417 g/mol. The van der Waals surface area contributed by atoms with E-state index in [0.717, 1.165) is 65.0 Å².